The highest BCUT2D eigenvalue weighted by atomic mass is 16.1. The Hall–Kier alpha value is -1.35. The third-order valence-corrected chi connectivity index (χ3v) is 4.15. The Labute approximate surface area is 115 Å². The molecule has 104 valence electrons. The molecule has 0 radical (unpaired) electrons. The topological polar surface area (TPSA) is 55.1 Å². The Morgan fingerprint density at radius 3 is 2.68 bits per heavy atom. The van der Waals surface area contributed by atoms with E-state index >= 15 is 0 Å². The number of anilines is 1. The SMILES string of the molecule is CCc1cccc(NC(=O)C2CCC(CN)CC2)c1. The molecule has 1 aliphatic carbocycles. The second-order valence-corrected chi connectivity index (χ2v) is 5.50. The summed E-state index contributed by atoms with van der Waals surface area (Å²) in [5.41, 5.74) is 7.86. The average Bonchev–Trinajstić information content (AvgIpc) is 2.47. The summed E-state index contributed by atoms with van der Waals surface area (Å²) >= 11 is 0. The van der Waals surface area contributed by atoms with Crippen LogP contribution in [0.4, 0.5) is 5.69 Å². The highest BCUT2D eigenvalue weighted by Gasteiger charge is 2.25. The van der Waals surface area contributed by atoms with Crippen molar-refractivity contribution >= 4 is 11.6 Å². The summed E-state index contributed by atoms with van der Waals surface area (Å²) < 4.78 is 0. The smallest absolute Gasteiger partial charge is 0.227 e. The van der Waals surface area contributed by atoms with E-state index in [1.165, 1.54) is 5.56 Å². The van der Waals surface area contributed by atoms with Crippen LogP contribution >= 0.6 is 0 Å². The van der Waals surface area contributed by atoms with Crippen molar-refractivity contribution in [2.45, 2.75) is 39.0 Å². The number of amides is 1. The van der Waals surface area contributed by atoms with Crippen molar-refractivity contribution in [2.75, 3.05) is 11.9 Å². The molecule has 0 spiro atoms. The lowest BCUT2D eigenvalue weighted by atomic mass is 9.81. The first-order valence-corrected chi connectivity index (χ1v) is 7.32. The Kier molecular flexibility index (Phi) is 4.97. The Balaban J connectivity index is 1.90. The highest BCUT2D eigenvalue weighted by molar-refractivity contribution is 5.92. The van der Waals surface area contributed by atoms with E-state index in [0.29, 0.717) is 5.92 Å². The van der Waals surface area contributed by atoms with E-state index in [9.17, 15) is 4.79 Å². The van der Waals surface area contributed by atoms with Gasteiger partial charge in [-0.25, -0.2) is 0 Å². The van der Waals surface area contributed by atoms with Crippen LogP contribution in [0.1, 0.15) is 38.2 Å². The first-order chi connectivity index (χ1) is 9.22. The fourth-order valence-electron chi connectivity index (χ4n) is 2.77. The van der Waals surface area contributed by atoms with Crippen LogP contribution in [0.3, 0.4) is 0 Å². The molecule has 1 aliphatic rings. The van der Waals surface area contributed by atoms with Gasteiger partial charge in [0.1, 0.15) is 0 Å². The van der Waals surface area contributed by atoms with Gasteiger partial charge in [0.25, 0.3) is 0 Å². The van der Waals surface area contributed by atoms with Gasteiger partial charge in [-0.1, -0.05) is 19.1 Å². The van der Waals surface area contributed by atoms with E-state index in [1.807, 2.05) is 12.1 Å². The predicted octanol–water partition coefficient (Wildman–Crippen LogP) is 2.95. The van der Waals surface area contributed by atoms with E-state index in [-0.39, 0.29) is 11.8 Å². The second kappa shape index (κ2) is 6.71. The minimum absolute atomic E-state index is 0.160. The van der Waals surface area contributed by atoms with Gasteiger partial charge >= 0.3 is 0 Å². The maximum absolute atomic E-state index is 12.2. The lowest BCUT2D eigenvalue weighted by Crippen LogP contribution is -2.29. The van der Waals surface area contributed by atoms with Crippen molar-refractivity contribution in [1.29, 1.82) is 0 Å². The Morgan fingerprint density at radius 2 is 2.05 bits per heavy atom. The Bertz CT molecular complexity index is 423. The molecule has 1 amide bonds. The van der Waals surface area contributed by atoms with Crippen molar-refractivity contribution < 1.29 is 4.79 Å². The standard InChI is InChI=1S/C16H24N2O/c1-2-12-4-3-5-15(10-12)18-16(19)14-8-6-13(11-17)7-9-14/h3-5,10,13-14H,2,6-9,11,17H2,1H3,(H,18,19). The first-order valence-electron chi connectivity index (χ1n) is 7.32. The summed E-state index contributed by atoms with van der Waals surface area (Å²) in [7, 11) is 0. The van der Waals surface area contributed by atoms with Crippen LogP contribution in [0.5, 0.6) is 0 Å². The van der Waals surface area contributed by atoms with Crippen LogP contribution in [0, 0.1) is 11.8 Å². The molecular formula is C16H24N2O. The molecule has 0 aliphatic heterocycles. The zero-order chi connectivity index (χ0) is 13.7. The molecule has 0 saturated heterocycles. The predicted molar refractivity (Wildman–Crippen MR) is 79.0 cm³/mol. The number of carbonyl (C=O) groups is 1. The number of benzene rings is 1. The summed E-state index contributed by atoms with van der Waals surface area (Å²) in [6, 6.07) is 8.11. The van der Waals surface area contributed by atoms with Crippen LogP contribution in [0.25, 0.3) is 0 Å². The molecule has 1 aromatic carbocycles. The molecule has 19 heavy (non-hydrogen) atoms. The van der Waals surface area contributed by atoms with Gasteiger partial charge in [-0.2, -0.15) is 0 Å². The van der Waals surface area contributed by atoms with Crippen molar-refractivity contribution in [1.82, 2.24) is 0 Å². The Morgan fingerprint density at radius 1 is 1.32 bits per heavy atom. The third kappa shape index (κ3) is 3.80. The normalized spacial score (nSPS) is 23.1. The van der Waals surface area contributed by atoms with Gasteiger partial charge in [-0.05, 0) is 62.3 Å². The fraction of sp³-hybridized carbons (Fsp3) is 0.562. The fourth-order valence-corrected chi connectivity index (χ4v) is 2.77. The summed E-state index contributed by atoms with van der Waals surface area (Å²) in [5.74, 6) is 0.948. The number of nitrogens with one attached hydrogen (secondary N) is 1. The van der Waals surface area contributed by atoms with Crippen molar-refractivity contribution in [3.63, 3.8) is 0 Å². The largest absolute Gasteiger partial charge is 0.330 e. The van der Waals surface area contributed by atoms with E-state index in [0.717, 1.165) is 44.3 Å². The molecule has 2 rings (SSSR count). The minimum atomic E-state index is 0.160. The zero-order valence-corrected chi connectivity index (χ0v) is 11.7. The molecule has 0 bridgehead atoms. The molecular weight excluding hydrogens is 236 g/mol. The van der Waals surface area contributed by atoms with Gasteiger partial charge < -0.3 is 11.1 Å². The van der Waals surface area contributed by atoms with Crippen LogP contribution < -0.4 is 11.1 Å². The van der Waals surface area contributed by atoms with Gasteiger partial charge in [-0.15, -0.1) is 0 Å². The molecule has 0 heterocycles. The van der Waals surface area contributed by atoms with Gasteiger partial charge in [0.2, 0.25) is 5.91 Å². The maximum atomic E-state index is 12.2. The van der Waals surface area contributed by atoms with Crippen LogP contribution in [0.2, 0.25) is 0 Å². The first kappa shape index (κ1) is 14.1. The van der Waals surface area contributed by atoms with Gasteiger partial charge in [0.05, 0.1) is 0 Å². The third-order valence-electron chi connectivity index (χ3n) is 4.15. The second-order valence-electron chi connectivity index (χ2n) is 5.50. The zero-order valence-electron chi connectivity index (χ0n) is 11.7. The lowest BCUT2D eigenvalue weighted by molar-refractivity contribution is -0.121. The summed E-state index contributed by atoms with van der Waals surface area (Å²) in [4.78, 5) is 12.2. The molecule has 3 heteroatoms. The molecule has 3 N–H and O–H groups in total. The van der Waals surface area contributed by atoms with E-state index < -0.39 is 0 Å². The number of hydrogen-bond donors (Lipinski definition) is 2. The lowest BCUT2D eigenvalue weighted by Gasteiger charge is -2.26. The minimum Gasteiger partial charge on any atom is -0.330 e. The van der Waals surface area contributed by atoms with Crippen LogP contribution in [-0.4, -0.2) is 12.5 Å². The number of aryl methyl sites for hydroxylation is 1. The monoisotopic (exact) mass is 260 g/mol. The van der Waals surface area contributed by atoms with Crippen molar-refractivity contribution in [3.05, 3.63) is 29.8 Å². The molecule has 0 unspecified atom stereocenters. The average molecular weight is 260 g/mol. The van der Waals surface area contributed by atoms with Gasteiger partial charge in [-0.3, -0.25) is 4.79 Å². The van der Waals surface area contributed by atoms with Crippen LogP contribution in [-0.2, 0) is 11.2 Å². The van der Waals surface area contributed by atoms with Crippen molar-refractivity contribution in [2.24, 2.45) is 17.6 Å². The quantitative estimate of drug-likeness (QED) is 0.874. The number of carbonyl (C=O) groups excluding carboxylic acids is 1. The van der Waals surface area contributed by atoms with Gasteiger partial charge in [0.15, 0.2) is 0 Å². The number of hydrogen-bond acceptors (Lipinski definition) is 2. The molecule has 1 fully saturated rings. The van der Waals surface area contributed by atoms with Crippen molar-refractivity contribution in [3.8, 4) is 0 Å². The summed E-state index contributed by atoms with van der Waals surface area (Å²) in [6.45, 7) is 2.88. The summed E-state index contributed by atoms with van der Waals surface area (Å²) in [6.07, 6.45) is 5.11. The van der Waals surface area contributed by atoms with Crippen LogP contribution in [0.15, 0.2) is 24.3 Å². The molecule has 1 aromatic rings. The molecule has 0 aromatic heterocycles. The number of nitrogens with two attached hydrogens (primary N) is 1. The number of rotatable bonds is 4. The maximum Gasteiger partial charge on any atom is 0.227 e. The van der Waals surface area contributed by atoms with E-state index in [1.54, 1.807) is 0 Å². The summed E-state index contributed by atoms with van der Waals surface area (Å²) in [5, 5.41) is 3.05. The van der Waals surface area contributed by atoms with E-state index in [4.69, 9.17) is 5.73 Å². The van der Waals surface area contributed by atoms with Gasteiger partial charge in [0, 0.05) is 11.6 Å². The molecule has 0 atom stereocenters. The molecule has 1 saturated carbocycles. The highest BCUT2D eigenvalue weighted by Crippen LogP contribution is 2.29. The molecule has 3 nitrogen and oxygen atoms in total. The van der Waals surface area contributed by atoms with E-state index in [2.05, 4.69) is 24.4 Å².